The molecule has 2 aromatic heterocycles. The molecule has 4 rings (SSSR count). The van der Waals surface area contributed by atoms with Crippen molar-refractivity contribution in [3.63, 3.8) is 0 Å². The zero-order valence-electron chi connectivity index (χ0n) is 18.1. The molecule has 2 aromatic carbocycles. The molecule has 0 N–H and O–H groups in total. The van der Waals surface area contributed by atoms with Gasteiger partial charge in [-0.25, -0.2) is 22.2 Å². The minimum Gasteiger partial charge on any atom is -0.454 e. The number of oxazole rings is 1. The molecule has 0 saturated heterocycles. The lowest BCUT2D eigenvalue weighted by Crippen LogP contribution is -2.16. The van der Waals surface area contributed by atoms with Crippen LogP contribution < -0.4 is 10.3 Å². The molecule has 0 spiro atoms. The van der Waals surface area contributed by atoms with Gasteiger partial charge < -0.3 is 13.7 Å². The van der Waals surface area contributed by atoms with E-state index in [1.54, 1.807) is 33.0 Å². The van der Waals surface area contributed by atoms with Crippen LogP contribution in [0.25, 0.3) is 22.2 Å². The summed E-state index contributed by atoms with van der Waals surface area (Å²) in [6, 6.07) is 7.54. The number of hydrogen-bond acceptors (Lipinski definition) is 6. The Morgan fingerprint density at radius 1 is 1.09 bits per heavy atom. The SMILES string of the molecule is CCS(=O)(=O)Cc1ccc(Oc2ccc(F)cc2F)c(-c2cn(C)c(=O)c3nc(C)oc23)c1. The van der Waals surface area contributed by atoms with E-state index in [0.717, 1.165) is 12.1 Å². The molecular weight excluding hydrogens is 454 g/mol. The van der Waals surface area contributed by atoms with Crippen molar-refractivity contribution < 1.29 is 26.4 Å². The fourth-order valence-electron chi connectivity index (χ4n) is 3.42. The average molecular weight is 474 g/mol. The van der Waals surface area contributed by atoms with E-state index in [9.17, 15) is 22.0 Å². The summed E-state index contributed by atoms with van der Waals surface area (Å²) in [5, 5.41) is 0. The van der Waals surface area contributed by atoms with Gasteiger partial charge in [0.1, 0.15) is 11.6 Å². The van der Waals surface area contributed by atoms with Crippen molar-refractivity contribution in [2.45, 2.75) is 19.6 Å². The molecule has 0 bridgehead atoms. The van der Waals surface area contributed by atoms with Crippen molar-refractivity contribution in [3.8, 4) is 22.6 Å². The highest BCUT2D eigenvalue weighted by Crippen LogP contribution is 2.38. The van der Waals surface area contributed by atoms with Gasteiger partial charge >= 0.3 is 0 Å². The third kappa shape index (κ3) is 4.51. The molecule has 7 nitrogen and oxygen atoms in total. The number of hydrogen-bond donors (Lipinski definition) is 0. The van der Waals surface area contributed by atoms with Crippen molar-refractivity contribution in [1.82, 2.24) is 9.55 Å². The molecule has 0 unspecified atom stereocenters. The van der Waals surface area contributed by atoms with Crippen LogP contribution in [0.2, 0.25) is 0 Å². The molecule has 10 heteroatoms. The third-order valence-electron chi connectivity index (χ3n) is 5.10. The number of aryl methyl sites for hydroxylation is 2. The molecule has 0 saturated carbocycles. The van der Waals surface area contributed by atoms with Gasteiger partial charge in [-0.3, -0.25) is 4.79 Å². The van der Waals surface area contributed by atoms with Crippen LogP contribution in [0, 0.1) is 18.6 Å². The lowest BCUT2D eigenvalue weighted by atomic mass is 10.0. The van der Waals surface area contributed by atoms with Crippen molar-refractivity contribution in [3.05, 3.63) is 76.0 Å². The molecule has 0 aliphatic heterocycles. The summed E-state index contributed by atoms with van der Waals surface area (Å²) in [5.41, 5.74) is 1.15. The minimum absolute atomic E-state index is 0.0350. The highest BCUT2D eigenvalue weighted by atomic mass is 32.2. The molecule has 0 atom stereocenters. The Morgan fingerprint density at radius 3 is 2.52 bits per heavy atom. The zero-order valence-corrected chi connectivity index (χ0v) is 18.9. The number of pyridine rings is 1. The normalized spacial score (nSPS) is 11.8. The van der Waals surface area contributed by atoms with Crippen LogP contribution in [0.1, 0.15) is 18.4 Å². The summed E-state index contributed by atoms with van der Waals surface area (Å²) in [5.74, 6) is -1.70. The topological polar surface area (TPSA) is 91.4 Å². The van der Waals surface area contributed by atoms with Crippen LogP contribution in [0.3, 0.4) is 0 Å². The van der Waals surface area contributed by atoms with Crippen molar-refractivity contribution >= 4 is 20.9 Å². The van der Waals surface area contributed by atoms with Gasteiger partial charge in [0, 0.05) is 43.1 Å². The van der Waals surface area contributed by atoms with Crippen LogP contribution in [-0.2, 0) is 22.6 Å². The first-order valence-electron chi connectivity index (χ1n) is 10.0. The molecule has 0 aliphatic carbocycles. The summed E-state index contributed by atoms with van der Waals surface area (Å²) < 4.78 is 64.7. The Kier molecular flexibility index (Phi) is 5.79. The van der Waals surface area contributed by atoms with Gasteiger partial charge in [0.05, 0.1) is 5.75 Å². The van der Waals surface area contributed by atoms with Gasteiger partial charge in [-0.2, -0.15) is 0 Å². The van der Waals surface area contributed by atoms with E-state index in [1.165, 1.54) is 16.8 Å². The molecular formula is C23H20F2N2O5S. The second kappa shape index (κ2) is 8.43. The maximum atomic E-state index is 14.3. The summed E-state index contributed by atoms with van der Waals surface area (Å²) in [6.07, 6.45) is 1.51. The molecule has 172 valence electrons. The molecule has 0 aliphatic rings. The van der Waals surface area contributed by atoms with Gasteiger partial charge in [0.2, 0.25) is 0 Å². The van der Waals surface area contributed by atoms with E-state index in [1.807, 2.05) is 0 Å². The molecule has 0 radical (unpaired) electrons. The lowest BCUT2D eigenvalue weighted by Gasteiger charge is -2.15. The van der Waals surface area contributed by atoms with Gasteiger partial charge in [-0.15, -0.1) is 0 Å². The molecule has 0 fully saturated rings. The highest BCUT2D eigenvalue weighted by molar-refractivity contribution is 7.90. The van der Waals surface area contributed by atoms with Crippen LogP contribution in [0.4, 0.5) is 8.78 Å². The standard InChI is InChI=1S/C23H20F2N2O5S/c1-4-33(29,30)12-14-5-7-19(32-20-8-6-15(24)10-18(20)25)16(9-14)17-11-27(3)23(28)21-22(17)31-13(2)26-21/h5-11H,4,12H2,1-3H3. The Labute approximate surface area is 188 Å². The average Bonchev–Trinajstić information content (AvgIpc) is 3.15. The first-order chi connectivity index (χ1) is 15.6. The van der Waals surface area contributed by atoms with Gasteiger partial charge in [-0.05, 0) is 29.8 Å². The van der Waals surface area contributed by atoms with Gasteiger partial charge in [-0.1, -0.05) is 13.0 Å². The Bertz CT molecular complexity index is 1540. The quantitative estimate of drug-likeness (QED) is 0.409. The first-order valence-corrected chi connectivity index (χ1v) is 11.8. The largest absolute Gasteiger partial charge is 0.454 e. The number of nitrogens with zero attached hydrogens (tertiary/aromatic N) is 2. The number of ether oxygens (including phenoxy) is 1. The van der Waals surface area contributed by atoms with E-state index in [0.29, 0.717) is 22.8 Å². The molecule has 0 amide bonds. The van der Waals surface area contributed by atoms with Gasteiger partial charge in [0.25, 0.3) is 5.56 Å². The predicted molar refractivity (Wildman–Crippen MR) is 119 cm³/mol. The Hall–Kier alpha value is -3.53. The number of halogens is 2. The van der Waals surface area contributed by atoms with Crippen LogP contribution in [-0.4, -0.2) is 23.7 Å². The van der Waals surface area contributed by atoms with Crippen molar-refractivity contribution in [1.29, 1.82) is 0 Å². The lowest BCUT2D eigenvalue weighted by molar-refractivity contribution is 0.439. The second-order valence-electron chi connectivity index (χ2n) is 7.55. The van der Waals surface area contributed by atoms with Gasteiger partial charge in [0.15, 0.2) is 38.4 Å². The number of fused-ring (bicyclic) bond motifs is 1. The zero-order chi connectivity index (χ0) is 23.9. The number of benzene rings is 2. The third-order valence-corrected chi connectivity index (χ3v) is 6.75. The summed E-state index contributed by atoms with van der Waals surface area (Å²) >= 11 is 0. The summed E-state index contributed by atoms with van der Waals surface area (Å²) in [4.78, 5) is 16.7. The predicted octanol–water partition coefficient (Wildman–Crippen LogP) is 4.51. The fourth-order valence-corrected chi connectivity index (χ4v) is 4.31. The number of aromatic nitrogens is 2. The second-order valence-corrected chi connectivity index (χ2v) is 9.91. The molecule has 33 heavy (non-hydrogen) atoms. The first kappa shape index (κ1) is 22.7. The smallest absolute Gasteiger partial charge is 0.280 e. The molecule has 4 aromatic rings. The van der Waals surface area contributed by atoms with Crippen molar-refractivity contribution in [2.24, 2.45) is 7.05 Å². The summed E-state index contributed by atoms with van der Waals surface area (Å²) in [6.45, 7) is 3.15. The van der Waals surface area contributed by atoms with Crippen LogP contribution in [0.5, 0.6) is 11.5 Å². The molecule has 2 heterocycles. The van der Waals surface area contributed by atoms with Crippen LogP contribution in [0.15, 0.2) is 51.8 Å². The Balaban J connectivity index is 1.95. The minimum atomic E-state index is -3.34. The number of rotatable bonds is 6. The van der Waals surface area contributed by atoms with E-state index in [4.69, 9.17) is 9.15 Å². The van der Waals surface area contributed by atoms with Crippen LogP contribution >= 0.6 is 0 Å². The van der Waals surface area contributed by atoms with E-state index < -0.39 is 21.5 Å². The summed E-state index contributed by atoms with van der Waals surface area (Å²) in [7, 11) is -1.80. The van der Waals surface area contributed by atoms with E-state index in [2.05, 4.69) is 4.98 Å². The maximum absolute atomic E-state index is 14.3. The Morgan fingerprint density at radius 2 is 1.82 bits per heavy atom. The highest BCUT2D eigenvalue weighted by Gasteiger charge is 2.21. The van der Waals surface area contributed by atoms with Crippen molar-refractivity contribution in [2.75, 3.05) is 5.75 Å². The fraction of sp³-hybridized carbons (Fsp3) is 0.217. The monoisotopic (exact) mass is 474 g/mol. The van der Waals surface area contributed by atoms with E-state index in [-0.39, 0.29) is 45.6 Å². The maximum Gasteiger partial charge on any atom is 0.280 e. The number of sulfone groups is 1. The van der Waals surface area contributed by atoms with E-state index >= 15 is 0 Å².